The minimum atomic E-state index is -1.62. The molecule has 3 N–H and O–H groups in total. The second-order valence-electron chi connectivity index (χ2n) is 4.70. The van der Waals surface area contributed by atoms with Crippen molar-refractivity contribution in [3.8, 4) is 5.75 Å². The Balaban J connectivity index is 2.13. The van der Waals surface area contributed by atoms with E-state index in [2.05, 4.69) is 4.90 Å². The second-order valence-corrected chi connectivity index (χ2v) is 8.27. The number of hydrogen-bond donors (Lipinski definition) is 2. The Labute approximate surface area is 103 Å². The number of benzene rings is 1. The summed E-state index contributed by atoms with van der Waals surface area (Å²) in [5.41, 5.74) is 7.58. The van der Waals surface area contributed by atoms with Crippen LogP contribution in [0.2, 0.25) is 0 Å². The van der Waals surface area contributed by atoms with Crippen LogP contribution in [0, 0.1) is 0 Å². The van der Waals surface area contributed by atoms with Crippen molar-refractivity contribution in [1.29, 1.82) is 0 Å². The number of rotatable bonds is 2. The molecule has 1 aromatic carbocycles. The number of anilines is 2. The van der Waals surface area contributed by atoms with Crippen LogP contribution in [-0.4, -0.2) is 44.1 Å². The first-order valence-electron chi connectivity index (χ1n) is 5.77. The monoisotopic (exact) mass is 255 g/mol. The molecule has 0 amide bonds. The Kier molecular flexibility index (Phi) is 3.45. The third kappa shape index (κ3) is 2.82. The molecule has 17 heavy (non-hydrogen) atoms. The molecule has 0 spiro atoms. The molecule has 0 saturated carbocycles. The van der Waals surface area contributed by atoms with E-state index in [1.54, 1.807) is 7.11 Å². The molecule has 0 atom stereocenters. The van der Waals surface area contributed by atoms with Gasteiger partial charge in [-0.1, -0.05) is 0 Å². The molecular formula is C12H20N2O2P. The van der Waals surface area contributed by atoms with Crippen LogP contribution in [0.5, 0.6) is 5.75 Å². The summed E-state index contributed by atoms with van der Waals surface area (Å²) in [5.74, 6) is 0.717. The number of nitrogen functional groups attached to an aromatic ring is 1. The van der Waals surface area contributed by atoms with Crippen molar-refractivity contribution in [3.05, 3.63) is 18.2 Å². The predicted octanol–water partition coefficient (Wildman–Crippen LogP) is 1.65. The summed E-state index contributed by atoms with van der Waals surface area (Å²) >= 11 is 0. The summed E-state index contributed by atoms with van der Waals surface area (Å²) in [6.07, 6.45) is 1.80. The predicted molar refractivity (Wildman–Crippen MR) is 74.4 cm³/mol. The average Bonchev–Trinajstić information content (AvgIpc) is 2.30. The van der Waals surface area contributed by atoms with Crippen molar-refractivity contribution < 1.29 is 9.63 Å². The number of hydrogen-bond acceptors (Lipinski definition) is 4. The van der Waals surface area contributed by atoms with Crippen molar-refractivity contribution in [3.63, 3.8) is 0 Å². The molecule has 95 valence electrons. The molecule has 5 heteroatoms. The van der Waals surface area contributed by atoms with Gasteiger partial charge in [0.25, 0.3) is 0 Å². The van der Waals surface area contributed by atoms with Crippen LogP contribution in [0.15, 0.2) is 18.2 Å². The zero-order valence-corrected chi connectivity index (χ0v) is 11.3. The maximum absolute atomic E-state index is 10.0. The van der Waals surface area contributed by atoms with E-state index < -0.39 is 7.49 Å². The molecule has 0 unspecified atom stereocenters. The Morgan fingerprint density at radius 2 is 2.00 bits per heavy atom. The molecule has 0 aromatic heterocycles. The lowest BCUT2D eigenvalue weighted by Gasteiger charge is -2.38. The van der Waals surface area contributed by atoms with Crippen LogP contribution in [0.4, 0.5) is 11.4 Å². The first kappa shape index (κ1) is 12.5. The zero-order chi connectivity index (χ0) is 12.5. The first-order valence-corrected chi connectivity index (χ1v) is 8.33. The molecule has 1 radical (unpaired) electrons. The van der Waals surface area contributed by atoms with Crippen LogP contribution in [0.1, 0.15) is 0 Å². The molecule has 1 aromatic rings. The number of ether oxygens (including phenoxy) is 1. The van der Waals surface area contributed by atoms with E-state index in [1.165, 1.54) is 0 Å². The normalized spacial score (nSPS) is 19.1. The topological polar surface area (TPSA) is 58.7 Å². The smallest absolute Gasteiger partial charge is 0.143 e. The molecule has 1 heterocycles. The van der Waals surface area contributed by atoms with Gasteiger partial charge in [0, 0.05) is 37.2 Å². The van der Waals surface area contributed by atoms with Gasteiger partial charge in [-0.2, -0.15) is 0 Å². The number of methoxy groups -OCH3 is 1. The summed E-state index contributed by atoms with van der Waals surface area (Å²) in [5, 5.41) is 0. The van der Waals surface area contributed by atoms with Crippen LogP contribution >= 0.6 is 7.49 Å². The number of nitrogens with two attached hydrogens (primary N) is 1. The lowest BCUT2D eigenvalue weighted by Crippen LogP contribution is -2.36. The quantitative estimate of drug-likeness (QED) is 0.623. The fourth-order valence-electron chi connectivity index (χ4n) is 2.05. The van der Waals surface area contributed by atoms with E-state index in [0.29, 0.717) is 5.69 Å². The molecule has 1 saturated heterocycles. The van der Waals surface area contributed by atoms with Gasteiger partial charge in [0.05, 0.1) is 12.8 Å². The van der Waals surface area contributed by atoms with E-state index in [4.69, 9.17) is 10.5 Å². The Morgan fingerprint density at radius 3 is 2.59 bits per heavy atom. The van der Waals surface area contributed by atoms with Gasteiger partial charge >= 0.3 is 0 Å². The third-order valence-corrected chi connectivity index (χ3v) is 5.61. The van der Waals surface area contributed by atoms with Crippen molar-refractivity contribution in [2.75, 3.05) is 49.8 Å². The maximum Gasteiger partial charge on any atom is 0.143 e. The average molecular weight is 255 g/mol. The molecule has 1 fully saturated rings. The van der Waals surface area contributed by atoms with E-state index in [-0.39, 0.29) is 0 Å². The minimum absolute atomic E-state index is 0.660. The molecule has 2 rings (SSSR count). The largest absolute Gasteiger partial charge is 0.495 e. The van der Waals surface area contributed by atoms with Crippen LogP contribution in [-0.2, 0) is 0 Å². The summed E-state index contributed by atoms with van der Waals surface area (Å²) in [4.78, 5) is 12.3. The van der Waals surface area contributed by atoms with Crippen molar-refractivity contribution >= 4 is 18.9 Å². The van der Waals surface area contributed by atoms with Gasteiger partial charge in [-0.15, -0.1) is 0 Å². The van der Waals surface area contributed by atoms with Crippen molar-refractivity contribution in [2.24, 2.45) is 0 Å². The van der Waals surface area contributed by atoms with E-state index in [0.717, 1.165) is 36.9 Å². The van der Waals surface area contributed by atoms with E-state index >= 15 is 0 Å². The van der Waals surface area contributed by atoms with Gasteiger partial charge in [-0.05, 0) is 26.3 Å². The minimum Gasteiger partial charge on any atom is -0.495 e. The highest BCUT2D eigenvalue weighted by Crippen LogP contribution is 2.52. The van der Waals surface area contributed by atoms with Gasteiger partial charge in [0.2, 0.25) is 0 Å². The molecule has 1 aliphatic rings. The highest BCUT2D eigenvalue weighted by Gasteiger charge is 2.25. The molecular weight excluding hydrogens is 235 g/mol. The molecule has 4 nitrogen and oxygen atoms in total. The van der Waals surface area contributed by atoms with Gasteiger partial charge in [-0.25, -0.2) is 0 Å². The van der Waals surface area contributed by atoms with Crippen LogP contribution < -0.4 is 15.4 Å². The fraction of sp³-hybridized carbons (Fsp3) is 0.500. The molecule has 1 aliphatic heterocycles. The van der Waals surface area contributed by atoms with Crippen molar-refractivity contribution in [1.82, 2.24) is 0 Å². The highest BCUT2D eigenvalue weighted by molar-refractivity contribution is 7.69. The fourth-order valence-corrected chi connectivity index (χ4v) is 3.62. The summed E-state index contributed by atoms with van der Waals surface area (Å²) in [6.45, 7) is 3.83. The van der Waals surface area contributed by atoms with Crippen molar-refractivity contribution in [2.45, 2.75) is 0 Å². The lowest BCUT2D eigenvalue weighted by molar-refractivity contribution is 0.417. The van der Waals surface area contributed by atoms with Crippen LogP contribution in [0.3, 0.4) is 0 Å². The Bertz CT molecular complexity index is 399. The van der Waals surface area contributed by atoms with Gasteiger partial charge in [0.1, 0.15) is 5.75 Å². The number of nitrogens with zero attached hydrogens (tertiary/aromatic N) is 1. The second kappa shape index (κ2) is 4.71. The summed E-state index contributed by atoms with van der Waals surface area (Å²) in [7, 11) is 0.00663. The summed E-state index contributed by atoms with van der Waals surface area (Å²) in [6, 6.07) is 5.85. The van der Waals surface area contributed by atoms with Crippen LogP contribution in [0.25, 0.3) is 0 Å². The Hall–Kier alpha value is -0.990. The lowest BCUT2D eigenvalue weighted by atomic mass is 10.2. The standard InChI is InChI=1S/C12H20N2O2P/c1-16-12-9-10(3-4-11(12)13)14-5-7-17(2,15)8-6-14/h3-4,9,15H,5-8,13H2,1-2H3. The Morgan fingerprint density at radius 1 is 1.35 bits per heavy atom. The van der Waals surface area contributed by atoms with Gasteiger partial charge in [-0.3, -0.25) is 0 Å². The molecule has 0 aliphatic carbocycles. The van der Waals surface area contributed by atoms with Gasteiger partial charge < -0.3 is 20.3 Å². The highest BCUT2D eigenvalue weighted by atomic mass is 31.2. The third-order valence-electron chi connectivity index (χ3n) is 3.29. The zero-order valence-electron chi connectivity index (χ0n) is 10.4. The maximum atomic E-state index is 10.0. The van der Waals surface area contributed by atoms with E-state index in [1.807, 2.05) is 24.9 Å². The molecule has 0 bridgehead atoms. The van der Waals surface area contributed by atoms with E-state index in [9.17, 15) is 4.89 Å². The van der Waals surface area contributed by atoms with Gasteiger partial charge in [0.15, 0.2) is 0 Å². The first-order chi connectivity index (χ1) is 8.02. The SMILES string of the molecule is COc1cc(N2CC[P](C)(O)CC2)ccc1N. The summed E-state index contributed by atoms with van der Waals surface area (Å²) < 4.78 is 5.22.